The first-order valence-corrected chi connectivity index (χ1v) is 8.94. The third-order valence-electron chi connectivity index (χ3n) is 4.63. The van der Waals surface area contributed by atoms with Gasteiger partial charge in [0.05, 0.1) is 0 Å². The Kier molecular flexibility index (Phi) is 4.66. The van der Waals surface area contributed by atoms with Crippen molar-refractivity contribution in [2.75, 3.05) is 16.8 Å². The molecule has 5 nitrogen and oxygen atoms in total. The summed E-state index contributed by atoms with van der Waals surface area (Å²) >= 11 is 0. The van der Waals surface area contributed by atoms with Gasteiger partial charge in [-0.15, -0.1) is 0 Å². The minimum absolute atomic E-state index is 0.113. The van der Waals surface area contributed by atoms with Crippen molar-refractivity contribution in [2.24, 2.45) is 0 Å². The summed E-state index contributed by atoms with van der Waals surface area (Å²) in [6, 6.07) is 20.3. The fourth-order valence-electron chi connectivity index (χ4n) is 3.30. The zero-order chi connectivity index (χ0) is 18.6. The van der Waals surface area contributed by atoms with Crippen LogP contribution in [0.1, 0.15) is 32.8 Å². The molecule has 0 radical (unpaired) electrons. The normalized spacial score (nSPS) is 13.0. The highest BCUT2D eigenvalue weighted by molar-refractivity contribution is 6.09. The third kappa shape index (κ3) is 3.58. The summed E-state index contributed by atoms with van der Waals surface area (Å²) in [5.41, 5.74) is 3.48. The molecule has 134 valence electrons. The van der Waals surface area contributed by atoms with Crippen molar-refractivity contribution >= 4 is 23.2 Å². The number of benzene rings is 2. The van der Waals surface area contributed by atoms with Gasteiger partial charge < -0.3 is 10.2 Å². The van der Waals surface area contributed by atoms with Gasteiger partial charge in [0.25, 0.3) is 11.8 Å². The van der Waals surface area contributed by atoms with Gasteiger partial charge in [0.2, 0.25) is 0 Å². The van der Waals surface area contributed by atoms with Gasteiger partial charge >= 0.3 is 0 Å². The number of pyridine rings is 1. The van der Waals surface area contributed by atoms with Gasteiger partial charge in [-0.1, -0.05) is 36.4 Å². The molecule has 1 aliphatic heterocycles. The first kappa shape index (κ1) is 17.0. The highest BCUT2D eigenvalue weighted by Crippen LogP contribution is 2.28. The van der Waals surface area contributed by atoms with E-state index in [1.165, 1.54) is 11.8 Å². The summed E-state index contributed by atoms with van der Waals surface area (Å²) in [7, 11) is 0. The maximum absolute atomic E-state index is 13.1. The maximum Gasteiger partial charge on any atom is 0.274 e. The topological polar surface area (TPSA) is 62.3 Å². The summed E-state index contributed by atoms with van der Waals surface area (Å²) in [4.78, 5) is 31.4. The van der Waals surface area contributed by atoms with Crippen LogP contribution in [-0.4, -0.2) is 23.3 Å². The number of carbonyl (C=O) groups is 2. The van der Waals surface area contributed by atoms with E-state index < -0.39 is 0 Å². The summed E-state index contributed by atoms with van der Waals surface area (Å²) in [5, 5.41) is 2.79. The molecule has 27 heavy (non-hydrogen) atoms. The molecule has 0 bridgehead atoms. The molecule has 0 saturated heterocycles. The van der Waals surface area contributed by atoms with Crippen molar-refractivity contribution < 1.29 is 9.59 Å². The predicted octanol–water partition coefficient (Wildman–Crippen LogP) is 3.93. The summed E-state index contributed by atoms with van der Waals surface area (Å²) in [6.07, 6.45) is 3.40. The van der Waals surface area contributed by atoms with Crippen LogP contribution in [0.15, 0.2) is 72.9 Å². The van der Waals surface area contributed by atoms with Crippen molar-refractivity contribution in [3.8, 4) is 0 Å². The van der Waals surface area contributed by atoms with Crippen molar-refractivity contribution in [1.82, 2.24) is 4.98 Å². The van der Waals surface area contributed by atoms with Crippen LogP contribution >= 0.6 is 0 Å². The predicted molar refractivity (Wildman–Crippen MR) is 105 cm³/mol. The second-order valence-corrected chi connectivity index (χ2v) is 6.44. The van der Waals surface area contributed by atoms with Crippen LogP contribution in [0.5, 0.6) is 0 Å². The first-order valence-electron chi connectivity index (χ1n) is 8.94. The average molecular weight is 357 g/mol. The van der Waals surface area contributed by atoms with Crippen LogP contribution in [0.3, 0.4) is 0 Å². The number of anilines is 2. The number of nitrogens with one attached hydrogen (secondary N) is 1. The molecule has 0 unspecified atom stereocenters. The van der Waals surface area contributed by atoms with Crippen LogP contribution in [-0.2, 0) is 6.42 Å². The van der Waals surface area contributed by atoms with Crippen molar-refractivity contribution in [1.29, 1.82) is 0 Å². The van der Waals surface area contributed by atoms with E-state index in [0.717, 1.165) is 18.5 Å². The van der Waals surface area contributed by atoms with E-state index in [1.54, 1.807) is 29.2 Å². The van der Waals surface area contributed by atoms with Crippen molar-refractivity contribution in [2.45, 2.75) is 12.8 Å². The summed E-state index contributed by atoms with van der Waals surface area (Å²) in [5.74, 6) is -0.451. The number of aromatic nitrogens is 1. The van der Waals surface area contributed by atoms with E-state index in [0.29, 0.717) is 17.8 Å². The van der Waals surface area contributed by atoms with Crippen LogP contribution < -0.4 is 10.2 Å². The van der Waals surface area contributed by atoms with E-state index in [-0.39, 0.29) is 17.5 Å². The van der Waals surface area contributed by atoms with Gasteiger partial charge in [0.15, 0.2) is 0 Å². The number of aryl methyl sites for hydroxylation is 1. The number of nitrogens with zero attached hydrogens (tertiary/aromatic N) is 2. The Labute approximate surface area is 157 Å². The fourth-order valence-corrected chi connectivity index (χ4v) is 3.30. The molecule has 0 fully saturated rings. The number of hydrogen-bond donors (Lipinski definition) is 1. The molecule has 0 spiro atoms. The van der Waals surface area contributed by atoms with Crippen LogP contribution in [0.4, 0.5) is 11.4 Å². The van der Waals surface area contributed by atoms with Gasteiger partial charge in [0, 0.05) is 29.7 Å². The van der Waals surface area contributed by atoms with Crippen LogP contribution in [0, 0.1) is 0 Å². The zero-order valence-electron chi connectivity index (χ0n) is 14.8. The highest BCUT2D eigenvalue weighted by atomic mass is 16.2. The molecule has 1 aromatic heterocycles. The third-order valence-corrected chi connectivity index (χ3v) is 4.63. The van der Waals surface area contributed by atoms with Crippen molar-refractivity contribution in [3.63, 3.8) is 0 Å². The van der Waals surface area contributed by atoms with Crippen molar-refractivity contribution in [3.05, 3.63) is 89.7 Å². The molecule has 0 saturated carbocycles. The SMILES string of the molecule is O=C(Nc1ccccc1)c1cc(C(=O)N2CCCc3ccccc32)ccn1. The second-order valence-electron chi connectivity index (χ2n) is 6.44. The fraction of sp³-hybridized carbons (Fsp3) is 0.136. The molecule has 2 heterocycles. The lowest BCUT2D eigenvalue weighted by Gasteiger charge is -2.29. The standard InChI is InChI=1S/C22H19N3O2/c26-21(24-18-9-2-1-3-10-18)19-15-17(12-13-23-19)22(27)25-14-6-8-16-7-4-5-11-20(16)25/h1-5,7,9-13,15H,6,8,14H2,(H,24,26). The molecule has 2 aromatic carbocycles. The van der Waals surface area contributed by atoms with Gasteiger partial charge in [-0.3, -0.25) is 14.6 Å². The van der Waals surface area contributed by atoms with E-state index in [9.17, 15) is 9.59 Å². The van der Waals surface area contributed by atoms with Gasteiger partial charge in [-0.25, -0.2) is 0 Å². The van der Waals surface area contributed by atoms with E-state index in [4.69, 9.17) is 0 Å². The lowest BCUT2D eigenvalue weighted by Crippen LogP contribution is -2.35. The Bertz CT molecular complexity index is 986. The second kappa shape index (κ2) is 7.41. The van der Waals surface area contributed by atoms with Crippen LogP contribution in [0.2, 0.25) is 0 Å². The van der Waals surface area contributed by atoms with E-state index >= 15 is 0 Å². The minimum atomic E-state index is -0.338. The van der Waals surface area contributed by atoms with E-state index in [1.807, 2.05) is 36.4 Å². The Morgan fingerprint density at radius 2 is 1.74 bits per heavy atom. The smallest absolute Gasteiger partial charge is 0.274 e. The first-order chi connectivity index (χ1) is 13.2. The summed E-state index contributed by atoms with van der Waals surface area (Å²) in [6.45, 7) is 0.670. The average Bonchev–Trinajstić information content (AvgIpc) is 2.73. The molecule has 2 amide bonds. The Hall–Kier alpha value is -3.47. The monoisotopic (exact) mass is 357 g/mol. The Balaban J connectivity index is 1.58. The number of hydrogen-bond acceptors (Lipinski definition) is 3. The van der Waals surface area contributed by atoms with Crippen LogP contribution in [0.25, 0.3) is 0 Å². The molecule has 0 aliphatic carbocycles. The molecule has 0 atom stereocenters. The number of carbonyl (C=O) groups excluding carboxylic acids is 2. The Morgan fingerprint density at radius 3 is 2.59 bits per heavy atom. The molecule has 1 aliphatic rings. The number of rotatable bonds is 3. The molecular formula is C22H19N3O2. The zero-order valence-corrected chi connectivity index (χ0v) is 14.8. The lowest BCUT2D eigenvalue weighted by atomic mass is 10.0. The van der Waals surface area contributed by atoms with E-state index in [2.05, 4.69) is 16.4 Å². The van der Waals surface area contributed by atoms with Gasteiger partial charge in [0.1, 0.15) is 5.69 Å². The lowest BCUT2D eigenvalue weighted by molar-refractivity contribution is 0.0985. The number of fused-ring (bicyclic) bond motifs is 1. The number of para-hydroxylation sites is 2. The maximum atomic E-state index is 13.1. The summed E-state index contributed by atoms with van der Waals surface area (Å²) < 4.78 is 0. The molecular weight excluding hydrogens is 338 g/mol. The highest BCUT2D eigenvalue weighted by Gasteiger charge is 2.24. The molecule has 3 aromatic rings. The number of amides is 2. The molecule has 4 rings (SSSR count). The quantitative estimate of drug-likeness (QED) is 0.773. The minimum Gasteiger partial charge on any atom is -0.321 e. The van der Waals surface area contributed by atoms with Gasteiger partial charge in [-0.05, 0) is 48.7 Å². The van der Waals surface area contributed by atoms with Gasteiger partial charge in [-0.2, -0.15) is 0 Å². The molecule has 5 heteroatoms. The largest absolute Gasteiger partial charge is 0.321 e. The molecule has 1 N–H and O–H groups in total. The Morgan fingerprint density at radius 1 is 0.963 bits per heavy atom.